The molecule has 88 valence electrons. The Morgan fingerprint density at radius 1 is 1.38 bits per heavy atom. The summed E-state index contributed by atoms with van der Waals surface area (Å²) in [5.74, 6) is 0.0725. The van der Waals surface area contributed by atoms with Crippen LogP contribution in [0.5, 0.6) is 0 Å². The number of rotatable bonds is 0. The highest BCUT2D eigenvalue weighted by molar-refractivity contribution is 14.1. The molecule has 0 spiro atoms. The summed E-state index contributed by atoms with van der Waals surface area (Å²) in [6.07, 6.45) is 7.73. The smallest absolute Gasteiger partial charge is 0.101 e. The second-order valence-electron chi connectivity index (χ2n) is 4.03. The van der Waals surface area contributed by atoms with Crippen molar-refractivity contribution in [1.82, 2.24) is 16.2 Å². The van der Waals surface area contributed by atoms with E-state index in [1.807, 2.05) is 18.4 Å². The largest absolute Gasteiger partial charge is 0.365 e. The molecule has 0 amide bonds. The zero-order chi connectivity index (χ0) is 11.5. The van der Waals surface area contributed by atoms with E-state index in [4.69, 9.17) is 0 Å². The van der Waals surface area contributed by atoms with Gasteiger partial charge in [0, 0.05) is 24.1 Å². The highest BCUT2D eigenvalue weighted by Gasteiger charge is 2.26. The fourth-order valence-corrected chi connectivity index (χ4v) is 2.58. The van der Waals surface area contributed by atoms with Crippen molar-refractivity contribution in [3.63, 3.8) is 0 Å². The molecule has 3 atom stereocenters. The van der Waals surface area contributed by atoms with Gasteiger partial charge in [-0.2, -0.15) is 0 Å². The van der Waals surface area contributed by atoms with Gasteiger partial charge in [0.05, 0.1) is 4.05 Å². The van der Waals surface area contributed by atoms with Crippen molar-refractivity contribution in [2.75, 3.05) is 0 Å². The molecule has 0 bridgehead atoms. The Kier molecular flexibility index (Phi) is 3.99. The van der Waals surface area contributed by atoms with Crippen molar-refractivity contribution < 1.29 is 4.39 Å². The molecule has 0 fully saturated rings. The normalized spacial score (nSPS) is 36.8. The van der Waals surface area contributed by atoms with Gasteiger partial charge in [-0.25, -0.2) is 9.82 Å². The average molecular weight is 335 g/mol. The summed E-state index contributed by atoms with van der Waals surface area (Å²) < 4.78 is 13.4. The molecule has 0 aromatic heterocycles. The fraction of sp³-hybridized carbons (Fsp3) is 0.455. The van der Waals surface area contributed by atoms with E-state index in [-0.39, 0.29) is 21.8 Å². The first-order valence-corrected chi connectivity index (χ1v) is 6.56. The Labute approximate surface area is 108 Å². The van der Waals surface area contributed by atoms with Gasteiger partial charge in [0.25, 0.3) is 0 Å². The first kappa shape index (κ1) is 12.1. The molecule has 2 rings (SSSR count). The number of halogens is 2. The topological polar surface area (TPSA) is 36.1 Å². The van der Waals surface area contributed by atoms with Crippen LogP contribution in [-0.4, -0.2) is 10.1 Å². The third-order valence-electron chi connectivity index (χ3n) is 2.70. The molecule has 16 heavy (non-hydrogen) atoms. The number of alkyl halides is 1. The van der Waals surface area contributed by atoms with Gasteiger partial charge in [-0.1, -0.05) is 28.7 Å². The van der Waals surface area contributed by atoms with Crippen LogP contribution in [0.4, 0.5) is 4.39 Å². The monoisotopic (exact) mass is 335 g/mol. The Balaban J connectivity index is 2.20. The van der Waals surface area contributed by atoms with Gasteiger partial charge in [0.15, 0.2) is 0 Å². The van der Waals surface area contributed by atoms with Crippen LogP contribution < -0.4 is 16.2 Å². The lowest BCUT2D eigenvalue weighted by atomic mass is 9.96. The number of hydrazine groups is 1. The molecule has 1 aliphatic heterocycles. The van der Waals surface area contributed by atoms with Gasteiger partial charge in [-0.3, -0.25) is 5.43 Å². The lowest BCUT2D eigenvalue weighted by Crippen LogP contribution is -2.45. The Morgan fingerprint density at radius 3 is 3.00 bits per heavy atom. The first-order chi connectivity index (χ1) is 7.66. The molecule has 1 aliphatic carbocycles. The fourth-order valence-electron chi connectivity index (χ4n) is 1.76. The van der Waals surface area contributed by atoms with E-state index in [0.717, 1.165) is 5.70 Å². The zero-order valence-corrected chi connectivity index (χ0v) is 11.2. The summed E-state index contributed by atoms with van der Waals surface area (Å²) in [6, 6.07) is 0.239. The molecule has 0 saturated carbocycles. The minimum Gasteiger partial charge on any atom is -0.365 e. The highest BCUT2D eigenvalue weighted by Crippen LogP contribution is 2.30. The first-order valence-electron chi connectivity index (χ1n) is 5.31. The van der Waals surface area contributed by atoms with Crippen LogP contribution in [0.15, 0.2) is 36.0 Å². The molecule has 0 saturated heterocycles. The number of fused-ring (bicyclic) bond motifs is 1. The summed E-state index contributed by atoms with van der Waals surface area (Å²) >= 11 is 2.29. The quantitative estimate of drug-likeness (QED) is 0.361. The zero-order valence-electron chi connectivity index (χ0n) is 9.00. The van der Waals surface area contributed by atoms with Crippen molar-refractivity contribution in [3.8, 4) is 0 Å². The van der Waals surface area contributed by atoms with Crippen molar-refractivity contribution in [3.05, 3.63) is 36.0 Å². The average Bonchev–Trinajstić information content (AvgIpc) is 2.32. The molecule has 0 aromatic rings. The van der Waals surface area contributed by atoms with E-state index >= 15 is 0 Å². The molecule has 0 aromatic carbocycles. The molecule has 2 aliphatic rings. The Bertz CT molecular complexity index is 351. The summed E-state index contributed by atoms with van der Waals surface area (Å²) in [5.41, 5.74) is 7.43. The van der Waals surface area contributed by atoms with Crippen LogP contribution in [0.3, 0.4) is 0 Å². The van der Waals surface area contributed by atoms with E-state index in [0.29, 0.717) is 6.42 Å². The standard InChI is InChI=1S/C11H15FIN3/c1-7-4-5-14-10-3-2-8(12)6-9(10)11(13)16-15-7/h2-5,7,9,11,14-16H,6H2,1H3/b5-4-/t7?,9?,11-/m0/s1. The molecule has 2 unspecified atom stereocenters. The second kappa shape index (κ2) is 5.29. The van der Waals surface area contributed by atoms with E-state index in [2.05, 4.69) is 45.7 Å². The number of allylic oxidation sites excluding steroid dienone is 3. The molecule has 0 radical (unpaired) electrons. The van der Waals surface area contributed by atoms with Crippen LogP contribution in [-0.2, 0) is 0 Å². The number of nitrogens with one attached hydrogen (secondary N) is 3. The van der Waals surface area contributed by atoms with Gasteiger partial charge >= 0.3 is 0 Å². The molecular formula is C11H15FIN3. The van der Waals surface area contributed by atoms with E-state index < -0.39 is 0 Å². The molecule has 1 heterocycles. The van der Waals surface area contributed by atoms with Crippen molar-refractivity contribution >= 4 is 22.6 Å². The van der Waals surface area contributed by atoms with Crippen molar-refractivity contribution in [2.24, 2.45) is 5.92 Å². The van der Waals surface area contributed by atoms with Crippen LogP contribution in [0.25, 0.3) is 0 Å². The Hall–Kier alpha value is -0.400. The predicted molar refractivity (Wildman–Crippen MR) is 71.2 cm³/mol. The number of hydrogen-bond donors (Lipinski definition) is 3. The third-order valence-corrected chi connectivity index (χ3v) is 3.87. The molecular weight excluding hydrogens is 320 g/mol. The molecule has 3 N–H and O–H groups in total. The van der Waals surface area contributed by atoms with Crippen molar-refractivity contribution in [2.45, 2.75) is 23.4 Å². The lowest BCUT2D eigenvalue weighted by molar-refractivity contribution is 0.401. The van der Waals surface area contributed by atoms with Crippen LogP contribution in [0.2, 0.25) is 0 Å². The maximum Gasteiger partial charge on any atom is 0.101 e. The Morgan fingerprint density at radius 2 is 2.19 bits per heavy atom. The third kappa shape index (κ3) is 2.83. The summed E-state index contributed by atoms with van der Waals surface area (Å²) in [5, 5.41) is 3.23. The van der Waals surface area contributed by atoms with Gasteiger partial charge in [0.2, 0.25) is 0 Å². The SMILES string of the molecule is CC1/C=C\NC2=CC=C(F)CC2[C@@H](I)NN1. The van der Waals surface area contributed by atoms with E-state index in [1.165, 1.54) is 6.08 Å². The summed E-state index contributed by atoms with van der Waals surface area (Å²) in [4.78, 5) is 0. The number of hydrogen-bond acceptors (Lipinski definition) is 3. The van der Waals surface area contributed by atoms with Crippen LogP contribution in [0, 0.1) is 5.92 Å². The maximum absolute atomic E-state index is 13.3. The maximum atomic E-state index is 13.3. The summed E-state index contributed by atoms with van der Waals surface area (Å²) in [6.45, 7) is 2.05. The highest BCUT2D eigenvalue weighted by atomic mass is 127. The second-order valence-corrected chi connectivity index (χ2v) is 5.37. The minimum atomic E-state index is -0.0599. The van der Waals surface area contributed by atoms with Gasteiger partial charge in [-0.05, 0) is 25.3 Å². The predicted octanol–water partition coefficient (Wildman–Crippen LogP) is 2.10. The lowest BCUT2D eigenvalue weighted by Gasteiger charge is -2.27. The van der Waals surface area contributed by atoms with Crippen molar-refractivity contribution in [1.29, 1.82) is 0 Å². The van der Waals surface area contributed by atoms with E-state index in [1.54, 1.807) is 0 Å². The molecule has 5 heteroatoms. The molecule has 3 nitrogen and oxygen atoms in total. The van der Waals surface area contributed by atoms with E-state index in [9.17, 15) is 4.39 Å². The minimum absolute atomic E-state index is 0.0599. The van der Waals surface area contributed by atoms with Gasteiger partial charge < -0.3 is 5.32 Å². The van der Waals surface area contributed by atoms with Gasteiger partial charge in [0.1, 0.15) is 5.83 Å². The van der Waals surface area contributed by atoms with Crippen LogP contribution in [0.1, 0.15) is 13.3 Å². The van der Waals surface area contributed by atoms with Crippen LogP contribution >= 0.6 is 22.6 Å². The van der Waals surface area contributed by atoms with Gasteiger partial charge in [-0.15, -0.1) is 0 Å². The summed E-state index contributed by atoms with van der Waals surface area (Å²) in [7, 11) is 0.